The van der Waals surface area contributed by atoms with Gasteiger partial charge in [-0.3, -0.25) is 4.79 Å². The van der Waals surface area contributed by atoms with E-state index >= 15 is 0 Å². The van der Waals surface area contributed by atoms with E-state index in [0.717, 1.165) is 4.57 Å². The van der Waals surface area contributed by atoms with E-state index < -0.39 is 11.2 Å². The first-order chi connectivity index (χ1) is 10.7. The van der Waals surface area contributed by atoms with E-state index in [0.29, 0.717) is 28.1 Å². The Morgan fingerprint density at radius 1 is 0.955 bits per heavy atom. The van der Waals surface area contributed by atoms with Crippen molar-refractivity contribution in [3.8, 4) is 17.2 Å². The molecule has 0 unspecified atom stereocenters. The maximum absolute atomic E-state index is 12.7. The predicted octanol–water partition coefficient (Wildman–Crippen LogP) is 1.70. The topological polar surface area (TPSA) is 73.3 Å². The van der Waals surface area contributed by atoms with Crippen LogP contribution in [-0.4, -0.2) is 23.8 Å². The average Bonchev–Trinajstić information content (AvgIpc) is 2.54. The maximum atomic E-state index is 12.7. The number of nitrogens with zero attached hydrogens (tertiary/aromatic N) is 1. The fraction of sp³-hybridized carbons (Fsp3) is 0.125. The quantitative estimate of drug-likeness (QED) is 0.798. The third-order valence-corrected chi connectivity index (χ3v) is 3.44. The Bertz CT molecular complexity index is 939. The molecule has 0 aliphatic rings. The summed E-state index contributed by atoms with van der Waals surface area (Å²) in [5, 5.41) is 0.334. The molecule has 0 saturated carbocycles. The number of benzene rings is 2. The lowest BCUT2D eigenvalue weighted by Gasteiger charge is -2.09. The summed E-state index contributed by atoms with van der Waals surface area (Å²) in [7, 11) is 3.03. The molecule has 0 spiro atoms. The summed E-state index contributed by atoms with van der Waals surface area (Å²) in [5.41, 5.74) is -0.0312. The summed E-state index contributed by atoms with van der Waals surface area (Å²) in [6, 6.07) is 11.7. The van der Waals surface area contributed by atoms with E-state index in [4.69, 9.17) is 9.47 Å². The molecule has 0 atom stereocenters. The van der Waals surface area contributed by atoms with Crippen molar-refractivity contribution in [3.63, 3.8) is 0 Å². The summed E-state index contributed by atoms with van der Waals surface area (Å²) < 4.78 is 11.4. The maximum Gasteiger partial charge on any atom is 0.333 e. The van der Waals surface area contributed by atoms with Crippen LogP contribution in [0.25, 0.3) is 16.6 Å². The largest absolute Gasteiger partial charge is 0.497 e. The summed E-state index contributed by atoms with van der Waals surface area (Å²) in [4.78, 5) is 27.7. The van der Waals surface area contributed by atoms with E-state index in [-0.39, 0.29) is 0 Å². The summed E-state index contributed by atoms with van der Waals surface area (Å²) >= 11 is 0. The molecule has 22 heavy (non-hydrogen) atoms. The Morgan fingerprint density at radius 2 is 1.68 bits per heavy atom. The number of rotatable bonds is 3. The molecule has 0 aliphatic heterocycles. The average molecular weight is 298 g/mol. The molecule has 0 saturated heterocycles. The van der Waals surface area contributed by atoms with Crippen LogP contribution in [-0.2, 0) is 0 Å². The van der Waals surface area contributed by atoms with Gasteiger partial charge in [0.05, 0.1) is 25.4 Å². The highest BCUT2D eigenvalue weighted by atomic mass is 16.5. The molecule has 6 nitrogen and oxygen atoms in total. The van der Waals surface area contributed by atoms with Crippen LogP contribution in [0.5, 0.6) is 11.5 Å². The third kappa shape index (κ3) is 2.14. The number of fused-ring (bicyclic) bond motifs is 1. The molecule has 0 bridgehead atoms. The smallest absolute Gasteiger partial charge is 0.333 e. The number of aromatic nitrogens is 2. The number of methoxy groups -OCH3 is 2. The predicted molar refractivity (Wildman–Crippen MR) is 83.3 cm³/mol. The normalized spacial score (nSPS) is 10.6. The zero-order valence-corrected chi connectivity index (χ0v) is 12.1. The highest BCUT2D eigenvalue weighted by Crippen LogP contribution is 2.20. The Morgan fingerprint density at radius 3 is 2.32 bits per heavy atom. The fourth-order valence-electron chi connectivity index (χ4n) is 2.37. The van der Waals surface area contributed by atoms with Crippen LogP contribution >= 0.6 is 0 Å². The van der Waals surface area contributed by atoms with Crippen LogP contribution in [0.1, 0.15) is 0 Å². The first-order valence-corrected chi connectivity index (χ1v) is 6.62. The minimum atomic E-state index is -0.504. The Hall–Kier alpha value is -3.02. The molecule has 3 aromatic rings. The number of H-pyrrole nitrogens is 1. The van der Waals surface area contributed by atoms with Crippen molar-refractivity contribution in [1.29, 1.82) is 0 Å². The molecule has 0 aliphatic carbocycles. The summed E-state index contributed by atoms with van der Waals surface area (Å²) in [6.07, 6.45) is 0. The second kappa shape index (κ2) is 5.40. The van der Waals surface area contributed by atoms with Gasteiger partial charge < -0.3 is 14.5 Å². The van der Waals surface area contributed by atoms with Gasteiger partial charge in [-0.1, -0.05) is 6.07 Å². The molecule has 0 fully saturated rings. The van der Waals surface area contributed by atoms with Crippen molar-refractivity contribution < 1.29 is 9.47 Å². The van der Waals surface area contributed by atoms with Gasteiger partial charge in [-0.25, -0.2) is 9.36 Å². The SMILES string of the molecule is COc1ccc(-n2c(=O)[nH]c3cccc(OC)c3c2=O)cc1. The van der Waals surface area contributed by atoms with Crippen LogP contribution in [0, 0.1) is 0 Å². The Labute approximate surface area is 125 Å². The number of ether oxygens (including phenoxy) is 2. The van der Waals surface area contributed by atoms with Crippen LogP contribution in [0.2, 0.25) is 0 Å². The Kier molecular flexibility index (Phi) is 3.42. The first-order valence-electron chi connectivity index (χ1n) is 6.62. The molecule has 0 amide bonds. The van der Waals surface area contributed by atoms with Crippen LogP contribution in [0.4, 0.5) is 0 Å². The van der Waals surface area contributed by atoms with Crippen molar-refractivity contribution in [2.24, 2.45) is 0 Å². The summed E-state index contributed by atoms with van der Waals surface area (Å²) in [6.45, 7) is 0. The molecule has 1 N–H and O–H groups in total. The van der Waals surface area contributed by atoms with Crippen LogP contribution < -0.4 is 20.7 Å². The van der Waals surface area contributed by atoms with E-state index in [1.54, 1.807) is 49.6 Å². The zero-order chi connectivity index (χ0) is 15.7. The Balaban J connectivity index is 2.34. The lowest BCUT2D eigenvalue weighted by atomic mass is 10.2. The minimum Gasteiger partial charge on any atom is -0.497 e. The van der Waals surface area contributed by atoms with Gasteiger partial charge in [0.1, 0.15) is 16.9 Å². The van der Waals surface area contributed by atoms with Crippen molar-refractivity contribution in [3.05, 3.63) is 63.3 Å². The van der Waals surface area contributed by atoms with Crippen molar-refractivity contribution in [2.45, 2.75) is 0 Å². The molecular formula is C16H14N2O4. The molecule has 1 heterocycles. The van der Waals surface area contributed by atoms with Gasteiger partial charge in [0.2, 0.25) is 0 Å². The molecule has 112 valence electrons. The van der Waals surface area contributed by atoms with Crippen molar-refractivity contribution >= 4 is 10.9 Å². The monoisotopic (exact) mass is 298 g/mol. The molecule has 3 rings (SSSR count). The highest BCUT2D eigenvalue weighted by molar-refractivity contribution is 5.84. The highest BCUT2D eigenvalue weighted by Gasteiger charge is 2.13. The van der Waals surface area contributed by atoms with Gasteiger partial charge in [-0.2, -0.15) is 0 Å². The van der Waals surface area contributed by atoms with Crippen molar-refractivity contribution in [1.82, 2.24) is 9.55 Å². The van der Waals surface area contributed by atoms with Gasteiger partial charge >= 0.3 is 5.69 Å². The number of hydrogen-bond donors (Lipinski definition) is 1. The van der Waals surface area contributed by atoms with E-state index in [9.17, 15) is 9.59 Å². The van der Waals surface area contributed by atoms with Gasteiger partial charge in [-0.05, 0) is 36.4 Å². The summed E-state index contributed by atoms with van der Waals surface area (Å²) in [5.74, 6) is 1.06. The van der Waals surface area contributed by atoms with Gasteiger partial charge in [-0.15, -0.1) is 0 Å². The molecule has 0 radical (unpaired) electrons. The number of hydrogen-bond acceptors (Lipinski definition) is 4. The van der Waals surface area contributed by atoms with Gasteiger partial charge in [0.15, 0.2) is 0 Å². The lowest BCUT2D eigenvalue weighted by Crippen LogP contribution is -2.33. The van der Waals surface area contributed by atoms with Crippen molar-refractivity contribution in [2.75, 3.05) is 14.2 Å². The molecule has 2 aromatic carbocycles. The minimum absolute atomic E-state index is 0.334. The number of aromatic amines is 1. The number of nitrogens with one attached hydrogen (secondary N) is 1. The zero-order valence-electron chi connectivity index (χ0n) is 12.1. The van der Waals surface area contributed by atoms with Gasteiger partial charge in [0, 0.05) is 0 Å². The first kappa shape index (κ1) is 13.9. The molecule has 6 heteroatoms. The second-order valence-corrected chi connectivity index (χ2v) is 4.65. The van der Waals surface area contributed by atoms with E-state index in [1.807, 2.05) is 0 Å². The van der Waals surface area contributed by atoms with Gasteiger partial charge in [0.25, 0.3) is 5.56 Å². The van der Waals surface area contributed by atoms with Crippen LogP contribution in [0.3, 0.4) is 0 Å². The second-order valence-electron chi connectivity index (χ2n) is 4.65. The van der Waals surface area contributed by atoms with E-state index in [2.05, 4.69) is 4.98 Å². The third-order valence-electron chi connectivity index (χ3n) is 3.44. The molecular weight excluding hydrogens is 284 g/mol. The standard InChI is InChI=1S/C16H14N2O4/c1-21-11-8-6-10(7-9-11)18-15(19)14-12(17-16(18)20)4-3-5-13(14)22-2/h3-9H,1-2H3,(H,17,20). The lowest BCUT2D eigenvalue weighted by molar-refractivity contribution is 0.414. The van der Waals surface area contributed by atoms with E-state index in [1.165, 1.54) is 7.11 Å². The molecule has 1 aromatic heterocycles. The van der Waals surface area contributed by atoms with Crippen LogP contribution in [0.15, 0.2) is 52.1 Å². The fourth-order valence-corrected chi connectivity index (χ4v) is 2.37.